The Morgan fingerprint density at radius 3 is 1.67 bits per heavy atom. The van der Waals surface area contributed by atoms with Crippen LogP contribution in [0.25, 0.3) is 0 Å². The number of hydrogen-bond donors (Lipinski definition) is 0. The van der Waals surface area contributed by atoms with Gasteiger partial charge >= 0.3 is 0 Å². The molecule has 0 heterocycles. The minimum absolute atomic E-state index is 0.899. The Kier molecular flexibility index (Phi) is 4.40. The summed E-state index contributed by atoms with van der Waals surface area (Å²) in [5.41, 5.74) is 2.70. The van der Waals surface area contributed by atoms with Gasteiger partial charge in [-0.25, -0.2) is 0 Å². The highest BCUT2D eigenvalue weighted by atomic mass is 16.5. The second-order valence-corrected chi connectivity index (χ2v) is 4.49. The molecule has 0 bridgehead atoms. The molecule has 1 nitrogen and oxygen atoms in total. The Labute approximate surface area is 109 Å². The lowest BCUT2D eigenvalue weighted by Crippen LogP contribution is -1.87. The molecule has 0 radical (unpaired) electrons. The van der Waals surface area contributed by atoms with Gasteiger partial charge in [0.05, 0.1) is 0 Å². The summed E-state index contributed by atoms with van der Waals surface area (Å²) < 4.78 is 5.81. The van der Waals surface area contributed by atoms with Gasteiger partial charge in [-0.3, -0.25) is 0 Å². The molecule has 0 saturated carbocycles. The molecule has 0 aliphatic carbocycles. The molecule has 0 aromatic heterocycles. The van der Waals surface area contributed by atoms with Crippen molar-refractivity contribution in [2.45, 2.75) is 33.1 Å². The summed E-state index contributed by atoms with van der Waals surface area (Å²) in [5, 5.41) is 0. The van der Waals surface area contributed by atoms with Crippen LogP contribution < -0.4 is 4.74 Å². The number of benzene rings is 2. The van der Waals surface area contributed by atoms with Gasteiger partial charge in [0.15, 0.2) is 0 Å². The van der Waals surface area contributed by atoms with Crippen LogP contribution in [-0.2, 0) is 12.8 Å². The predicted molar refractivity (Wildman–Crippen MR) is 76.3 cm³/mol. The number of aryl methyl sites for hydroxylation is 2. The van der Waals surface area contributed by atoms with Crippen molar-refractivity contribution in [3.8, 4) is 11.5 Å². The quantitative estimate of drug-likeness (QED) is 0.715. The van der Waals surface area contributed by atoms with Crippen LogP contribution in [0.15, 0.2) is 48.5 Å². The first-order valence-electron chi connectivity index (χ1n) is 6.67. The van der Waals surface area contributed by atoms with E-state index in [9.17, 15) is 0 Å². The Morgan fingerprint density at radius 2 is 1.22 bits per heavy atom. The normalized spacial score (nSPS) is 10.3. The van der Waals surface area contributed by atoms with Gasteiger partial charge in [-0.1, -0.05) is 44.5 Å². The van der Waals surface area contributed by atoms with Crippen molar-refractivity contribution >= 4 is 0 Å². The Balaban J connectivity index is 2.03. The fraction of sp³-hybridized carbons (Fsp3) is 0.294. The van der Waals surface area contributed by atoms with E-state index in [1.54, 1.807) is 0 Å². The Bertz CT molecular complexity index is 468. The van der Waals surface area contributed by atoms with E-state index in [4.69, 9.17) is 4.74 Å². The highest BCUT2D eigenvalue weighted by molar-refractivity contribution is 5.34. The molecule has 0 atom stereocenters. The molecule has 0 spiro atoms. The van der Waals surface area contributed by atoms with E-state index < -0.39 is 0 Å². The zero-order valence-electron chi connectivity index (χ0n) is 11.1. The molecule has 0 N–H and O–H groups in total. The maximum atomic E-state index is 5.81. The topological polar surface area (TPSA) is 9.23 Å². The maximum absolute atomic E-state index is 5.81. The third-order valence-corrected chi connectivity index (χ3v) is 3.03. The molecule has 2 aromatic carbocycles. The minimum Gasteiger partial charge on any atom is -0.457 e. The zero-order chi connectivity index (χ0) is 12.8. The lowest BCUT2D eigenvalue weighted by Gasteiger charge is -2.07. The molecule has 1 heteroatoms. The molecule has 0 fully saturated rings. The van der Waals surface area contributed by atoms with E-state index in [2.05, 4.69) is 38.1 Å². The SMILES string of the molecule is CCCc1ccc(Oc2ccc(CC)cc2)cc1. The van der Waals surface area contributed by atoms with Gasteiger partial charge < -0.3 is 4.74 Å². The average molecular weight is 240 g/mol. The third kappa shape index (κ3) is 3.36. The second kappa shape index (κ2) is 6.25. The molecule has 2 aromatic rings. The van der Waals surface area contributed by atoms with Crippen molar-refractivity contribution in [3.63, 3.8) is 0 Å². The molecular formula is C17H20O. The molecule has 18 heavy (non-hydrogen) atoms. The van der Waals surface area contributed by atoms with Gasteiger partial charge in [0.1, 0.15) is 11.5 Å². The van der Waals surface area contributed by atoms with E-state index in [0.29, 0.717) is 0 Å². The molecule has 0 aliphatic heterocycles. The van der Waals surface area contributed by atoms with Crippen molar-refractivity contribution < 1.29 is 4.74 Å². The lowest BCUT2D eigenvalue weighted by molar-refractivity contribution is 0.482. The van der Waals surface area contributed by atoms with E-state index >= 15 is 0 Å². The van der Waals surface area contributed by atoms with Crippen molar-refractivity contribution in [1.82, 2.24) is 0 Å². The number of rotatable bonds is 5. The summed E-state index contributed by atoms with van der Waals surface area (Å²) in [6.07, 6.45) is 3.37. The summed E-state index contributed by atoms with van der Waals surface area (Å²) in [6.45, 7) is 4.35. The van der Waals surface area contributed by atoms with Gasteiger partial charge in [0.25, 0.3) is 0 Å². The number of ether oxygens (including phenoxy) is 1. The van der Waals surface area contributed by atoms with Gasteiger partial charge in [-0.2, -0.15) is 0 Å². The van der Waals surface area contributed by atoms with E-state index in [-0.39, 0.29) is 0 Å². The minimum atomic E-state index is 0.899. The monoisotopic (exact) mass is 240 g/mol. The first kappa shape index (κ1) is 12.7. The standard InChI is InChI=1S/C17H20O/c1-3-5-15-8-12-17(13-9-15)18-16-10-6-14(4-2)7-11-16/h6-13H,3-5H2,1-2H3. The summed E-state index contributed by atoms with van der Waals surface area (Å²) in [4.78, 5) is 0. The fourth-order valence-corrected chi connectivity index (χ4v) is 1.94. The van der Waals surface area contributed by atoms with Crippen LogP contribution in [-0.4, -0.2) is 0 Å². The Morgan fingerprint density at radius 1 is 0.722 bits per heavy atom. The van der Waals surface area contributed by atoms with Gasteiger partial charge in [0.2, 0.25) is 0 Å². The summed E-state index contributed by atoms with van der Waals surface area (Å²) >= 11 is 0. The Hall–Kier alpha value is -1.76. The zero-order valence-corrected chi connectivity index (χ0v) is 11.1. The van der Waals surface area contributed by atoms with Crippen LogP contribution in [0.5, 0.6) is 11.5 Å². The highest BCUT2D eigenvalue weighted by Crippen LogP contribution is 2.22. The second-order valence-electron chi connectivity index (χ2n) is 4.49. The van der Waals surface area contributed by atoms with Crippen molar-refractivity contribution in [3.05, 3.63) is 59.7 Å². The van der Waals surface area contributed by atoms with Crippen molar-refractivity contribution in [2.75, 3.05) is 0 Å². The molecule has 0 amide bonds. The summed E-state index contributed by atoms with van der Waals surface area (Å²) in [5.74, 6) is 1.80. The van der Waals surface area contributed by atoms with Crippen LogP contribution >= 0.6 is 0 Å². The first-order chi connectivity index (χ1) is 8.81. The van der Waals surface area contributed by atoms with Gasteiger partial charge in [-0.15, -0.1) is 0 Å². The smallest absolute Gasteiger partial charge is 0.127 e. The summed E-state index contributed by atoms with van der Waals surface area (Å²) in [7, 11) is 0. The first-order valence-corrected chi connectivity index (χ1v) is 6.67. The highest BCUT2D eigenvalue weighted by Gasteiger charge is 1.98. The van der Waals surface area contributed by atoms with E-state index in [1.807, 2.05) is 24.3 Å². The van der Waals surface area contributed by atoms with Gasteiger partial charge in [0, 0.05) is 0 Å². The van der Waals surface area contributed by atoms with E-state index in [0.717, 1.165) is 24.3 Å². The van der Waals surface area contributed by atoms with Crippen LogP contribution in [0, 0.1) is 0 Å². The fourth-order valence-electron chi connectivity index (χ4n) is 1.94. The van der Waals surface area contributed by atoms with E-state index in [1.165, 1.54) is 17.5 Å². The largest absolute Gasteiger partial charge is 0.457 e. The lowest BCUT2D eigenvalue weighted by atomic mass is 10.1. The van der Waals surface area contributed by atoms with Crippen LogP contribution in [0.3, 0.4) is 0 Å². The van der Waals surface area contributed by atoms with Crippen LogP contribution in [0.1, 0.15) is 31.4 Å². The average Bonchev–Trinajstić information content (AvgIpc) is 2.42. The molecular weight excluding hydrogens is 220 g/mol. The molecule has 0 saturated heterocycles. The van der Waals surface area contributed by atoms with Gasteiger partial charge in [-0.05, 0) is 48.2 Å². The predicted octanol–water partition coefficient (Wildman–Crippen LogP) is 4.99. The molecule has 94 valence electrons. The summed E-state index contributed by atoms with van der Waals surface area (Å²) in [6, 6.07) is 16.6. The maximum Gasteiger partial charge on any atom is 0.127 e. The molecule has 0 aliphatic rings. The van der Waals surface area contributed by atoms with Crippen molar-refractivity contribution in [2.24, 2.45) is 0 Å². The van der Waals surface area contributed by atoms with Crippen LogP contribution in [0.2, 0.25) is 0 Å². The van der Waals surface area contributed by atoms with Crippen molar-refractivity contribution in [1.29, 1.82) is 0 Å². The number of hydrogen-bond acceptors (Lipinski definition) is 1. The molecule has 2 rings (SSSR count). The van der Waals surface area contributed by atoms with Crippen LogP contribution in [0.4, 0.5) is 0 Å². The third-order valence-electron chi connectivity index (χ3n) is 3.03. The molecule has 0 unspecified atom stereocenters.